The Kier molecular flexibility index (Phi) is 9.42. The van der Waals surface area contributed by atoms with Crippen molar-refractivity contribution in [3.63, 3.8) is 0 Å². The van der Waals surface area contributed by atoms with E-state index in [0.29, 0.717) is 69.6 Å². The summed E-state index contributed by atoms with van der Waals surface area (Å²) in [6.45, 7) is 5.65. The number of rotatable bonds is 5. The van der Waals surface area contributed by atoms with Crippen LogP contribution in [0.4, 0.5) is 15.8 Å². The van der Waals surface area contributed by atoms with Crippen molar-refractivity contribution in [2.24, 2.45) is 4.99 Å². The fraction of sp³-hybridized carbons (Fsp3) is 0.458. The van der Waals surface area contributed by atoms with E-state index in [4.69, 9.17) is 9.47 Å². The van der Waals surface area contributed by atoms with Crippen molar-refractivity contribution in [2.75, 3.05) is 43.1 Å². The minimum absolute atomic E-state index is 0. The zero-order valence-corrected chi connectivity index (χ0v) is 21.2. The van der Waals surface area contributed by atoms with E-state index in [1.54, 1.807) is 6.07 Å². The maximum Gasteiger partial charge on any atom is 0.196 e. The molecule has 2 aromatic carbocycles. The molecule has 180 valence electrons. The second kappa shape index (κ2) is 12.3. The summed E-state index contributed by atoms with van der Waals surface area (Å²) in [4.78, 5) is 6.60. The Hall–Kier alpha value is -2.27. The zero-order valence-electron chi connectivity index (χ0n) is 18.8. The van der Waals surface area contributed by atoms with Crippen LogP contribution in [0.15, 0.2) is 41.4 Å². The van der Waals surface area contributed by atoms with Gasteiger partial charge in [0.15, 0.2) is 17.5 Å². The highest BCUT2D eigenvalue weighted by molar-refractivity contribution is 14.0. The van der Waals surface area contributed by atoms with Crippen molar-refractivity contribution in [3.8, 4) is 11.5 Å². The molecule has 0 aromatic heterocycles. The van der Waals surface area contributed by atoms with Gasteiger partial charge in [-0.25, -0.2) is 9.38 Å². The van der Waals surface area contributed by atoms with Crippen LogP contribution < -0.4 is 25.0 Å². The molecule has 0 radical (unpaired) electrons. The molecule has 2 aromatic rings. The lowest BCUT2D eigenvalue weighted by Crippen LogP contribution is -2.36. The van der Waals surface area contributed by atoms with Gasteiger partial charge in [0.05, 0.1) is 31.5 Å². The Labute approximate surface area is 211 Å². The number of nitrogens with zero attached hydrogens (tertiary/aromatic N) is 2. The number of ether oxygens (including phenoxy) is 2. The number of guanidine groups is 1. The Morgan fingerprint density at radius 1 is 1.12 bits per heavy atom. The van der Waals surface area contributed by atoms with E-state index in [-0.39, 0.29) is 35.9 Å². The lowest BCUT2D eigenvalue weighted by atomic mass is 10.1. The van der Waals surface area contributed by atoms with Crippen LogP contribution in [0.2, 0.25) is 0 Å². The lowest BCUT2D eigenvalue weighted by molar-refractivity contribution is 0.145. The summed E-state index contributed by atoms with van der Waals surface area (Å²) in [5, 5.41) is 16.2. The first-order valence-corrected chi connectivity index (χ1v) is 11.3. The third-order valence-electron chi connectivity index (χ3n) is 5.59. The van der Waals surface area contributed by atoms with Gasteiger partial charge in [0.25, 0.3) is 0 Å². The minimum Gasteiger partial charge on any atom is -0.490 e. The Morgan fingerprint density at radius 2 is 1.88 bits per heavy atom. The average molecular weight is 570 g/mol. The summed E-state index contributed by atoms with van der Waals surface area (Å²) in [7, 11) is 0. The second-order valence-electron chi connectivity index (χ2n) is 8.04. The number of aliphatic imine (C=N–C) groups is 1. The number of aliphatic hydroxyl groups excluding tert-OH is 1. The van der Waals surface area contributed by atoms with Gasteiger partial charge in [-0.05, 0) is 49.6 Å². The highest BCUT2D eigenvalue weighted by atomic mass is 127. The normalized spacial score (nSPS) is 16.6. The molecular weight excluding hydrogens is 538 g/mol. The highest BCUT2D eigenvalue weighted by Crippen LogP contribution is 2.32. The van der Waals surface area contributed by atoms with Crippen molar-refractivity contribution >= 4 is 41.3 Å². The molecule has 1 fully saturated rings. The Morgan fingerprint density at radius 3 is 2.61 bits per heavy atom. The summed E-state index contributed by atoms with van der Waals surface area (Å²) < 4.78 is 26.2. The SMILES string of the molecule is CCNC(=NCc1ccc(N2CCC(O)CC2)c(F)c1)Nc1ccc2c(c1)OCCCO2.I. The number of hydrogen-bond acceptors (Lipinski definition) is 5. The molecule has 2 heterocycles. The van der Waals surface area contributed by atoms with Gasteiger partial charge in [-0.3, -0.25) is 0 Å². The van der Waals surface area contributed by atoms with Gasteiger partial charge in [-0.1, -0.05) is 6.07 Å². The molecule has 3 N–H and O–H groups in total. The number of benzene rings is 2. The molecule has 0 atom stereocenters. The van der Waals surface area contributed by atoms with Crippen LogP contribution in [-0.4, -0.2) is 50.0 Å². The van der Waals surface area contributed by atoms with Crippen molar-refractivity contribution < 1.29 is 19.0 Å². The fourth-order valence-electron chi connectivity index (χ4n) is 3.87. The van der Waals surface area contributed by atoms with Crippen LogP contribution in [0.5, 0.6) is 11.5 Å². The smallest absolute Gasteiger partial charge is 0.196 e. The third kappa shape index (κ3) is 6.86. The molecule has 0 saturated carbocycles. The lowest BCUT2D eigenvalue weighted by Gasteiger charge is -2.31. The van der Waals surface area contributed by atoms with E-state index < -0.39 is 0 Å². The third-order valence-corrected chi connectivity index (χ3v) is 5.59. The van der Waals surface area contributed by atoms with Crippen LogP contribution in [0.3, 0.4) is 0 Å². The molecular formula is C24H32FIN4O3. The average Bonchev–Trinajstić information content (AvgIpc) is 3.03. The van der Waals surface area contributed by atoms with Gasteiger partial charge in [0.2, 0.25) is 0 Å². The first-order chi connectivity index (χ1) is 15.6. The van der Waals surface area contributed by atoms with Gasteiger partial charge < -0.3 is 30.1 Å². The van der Waals surface area contributed by atoms with Gasteiger partial charge in [-0.2, -0.15) is 0 Å². The summed E-state index contributed by atoms with van der Waals surface area (Å²) in [5.74, 6) is 1.81. The summed E-state index contributed by atoms with van der Waals surface area (Å²) in [6, 6.07) is 11.0. The summed E-state index contributed by atoms with van der Waals surface area (Å²) in [5.41, 5.74) is 2.21. The standard InChI is InChI=1S/C24H31FN4O3.HI/c1-2-26-24(28-18-5-7-22-23(15-18)32-13-3-12-31-22)27-16-17-4-6-21(20(25)14-17)29-10-8-19(30)9-11-29;/h4-7,14-15,19,30H,2-3,8-13,16H2,1H3,(H2,26,27,28);1H. The van der Waals surface area contributed by atoms with Crippen molar-refractivity contribution in [3.05, 3.63) is 47.8 Å². The van der Waals surface area contributed by atoms with Crippen LogP contribution in [0, 0.1) is 5.82 Å². The van der Waals surface area contributed by atoms with E-state index in [1.165, 1.54) is 0 Å². The fourth-order valence-corrected chi connectivity index (χ4v) is 3.87. The van der Waals surface area contributed by atoms with E-state index in [9.17, 15) is 9.50 Å². The van der Waals surface area contributed by atoms with Gasteiger partial charge in [-0.15, -0.1) is 24.0 Å². The molecule has 0 unspecified atom stereocenters. The topological polar surface area (TPSA) is 78.4 Å². The van der Waals surface area contributed by atoms with E-state index in [2.05, 4.69) is 15.6 Å². The predicted molar refractivity (Wildman–Crippen MR) is 140 cm³/mol. The number of anilines is 2. The van der Waals surface area contributed by atoms with Gasteiger partial charge in [0, 0.05) is 37.8 Å². The van der Waals surface area contributed by atoms with Crippen molar-refractivity contribution in [2.45, 2.75) is 38.8 Å². The Bertz CT molecular complexity index is 951. The molecule has 1 saturated heterocycles. The summed E-state index contributed by atoms with van der Waals surface area (Å²) >= 11 is 0. The van der Waals surface area contributed by atoms with Crippen molar-refractivity contribution in [1.29, 1.82) is 0 Å². The Balaban J connectivity index is 0.00000306. The first kappa shape index (κ1) is 25.4. The minimum atomic E-state index is -0.279. The van der Waals surface area contributed by atoms with Crippen LogP contribution >= 0.6 is 24.0 Å². The largest absolute Gasteiger partial charge is 0.490 e. The number of piperidine rings is 1. The molecule has 0 bridgehead atoms. The maximum atomic E-state index is 14.7. The van der Waals surface area contributed by atoms with Crippen LogP contribution in [0.1, 0.15) is 31.7 Å². The number of halogens is 2. The first-order valence-electron chi connectivity index (χ1n) is 11.3. The molecule has 4 rings (SSSR count). The van der Waals surface area contributed by atoms with E-state index >= 15 is 0 Å². The second-order valence-corrected chi connectivity index (χ2v) is 8.04. The highest BCUT2D eigenvalue weighted by Gasteiger charge is 2.19. The van der Waals surface area contributed by atoms with Crippen LogP contribution in [-0.2, 0) is 6.54 Å². The van der Waals surface area contributed by atoms with Gasteiger partial charge >= 0.3 is 0 Å². The zero-order chi connectivity index (χ0) is 22.3. The molecule has 9 heteroatoms. The number of fused-ring (bicyclic) bond motifs is 1. The quantitative estimate of drug-likeness (QED) is 0.285. The molecule has 2 aliphatic rings. The summed E-state index contributed by atoms with van der Waals surface area (Å²) in [6.07, 6.45) is 1.92. The van der Waals surface area contributed by atoms with Gasteiger partial charge in [0.1, 0.15) is 5.82 Å². The molecule has 0 aliphatic carbocycles. The molecule has 0 spiro atoms. The molecule has 33 heavy (non-hydrogen) atoms. The molecule has 2 aliphatic heterocycles. The molecule has 0 amide bonds. The van der Waals surface area contributed by atoms with Crippen molar-refractivity contribution in [1.82, 2.24) is 5.32 Å². The number of aliphatic hydroxyl groups is 1. The van der Waals surface area contributed by atoms with E-state index in [0.717, 1.165) is 23.4 Å². The monoisotopic (exact) mass is 570 g/mol. The van der Waals surface area contributed by atoms with Crippen LogP contribution in [0.25, 0.3) is 0 Å². The van der Waals surface area contributed by atoms with E-state index in [1.807, 2.05) is 42.2 Å². The number of hydrogen-bond donors (Lipinski definition) is 3. The predicted octanol–water partition coefficient (Wildman–Crippen LogP) is 4.14. The molecule has 7 nitrogen and oxygen atoms in total. The number of nitrogens with one attached hydrogen (secondary N) is 2. The maximum absolute atomic E-state index is 14.7.